The van der Waals surface area contributed by atoms with E-state index in [-0.39, 0.29) is 17.5 Å². The van der Waals surface area contributed by atoms with Gasteiger partial charge in [-0.25, -0.2) is 0 Å². The van der Waals surface area contributed by atoms with Gasteiger partial charge in [0.25, 0.3) is 0 Å². The van der Waals surface area contributed by atoms with E-state index in [0.29, 0.717) is 6.61 Å². The molecular weight excluding hydrogens is 280 g/mol. The molecule has 17 heavy (non-hydrogen) atoms. The summed E-state index contributed by atoms with van der Waals surface area (Å²) in [6.45, 7) is 2.99. The van der Waals surface area contributed by atoms with Crippen LogP contribution in [0.3, 0.4) is 0 Å². The van der Waals surface area contributed by atoms with Crippen molar-refractivity contribution in [1.29, 1.82) is 0 Å². The van der Waals surface area contributed by atoms with Crippen molar-refractivity contribution in [2.75, 3.05) is 6.61 Å². The molecule has 0 aliphatic carbocycles. The van der Waals surface area contributed by atoms with E-state index in [1.807, 2.05) is 18.2 Å². The van der Waals surface area contributed by atoms with Crippen molar-refractivity contribution in [3.8, 4) is 0 Å². The van der Waals surface area contributed by atoms with E-state index in [0.717, 1.165) is 19.3 Å². The highest BCUT2D eigenvalue weighted by Gasteiger charge is 2.06. The maximum atomic E-state index is 8.87. The number of alkyl halides is 1. The minimum absolute atomic E-state index is 0.208. The molecule has 0 heterocycles. The average molecular weight is 301 g/mol. The van der Waals surface area contributed by atoms with E-state index in [1.54, 1.807) is 0 Å². The number of hydrogen-bond acceptors (Lipinski definition) is 2. The highest BCUT2D eigenvalue weighted by molar-refractivity contribution is 9.09. The number of aliphatic hydroxyl groups is 1. The van der Waals surface area contributed by atoms with Gasteiger partial charge in [0.1, 0.15) is 0 Å². The van der Waals surface area contributed by atoms with Gasteiger partial charge >= 0.3 is 0 Å². The molecule has 3 heteroatoms. The summed E-state index contributed by atoms with van der Waals surface area (Å²) in [5.74, 6) is 0. The molecule has 2 nitrogen and oxygen atoms in total. The van der Waals surface area contributed by atoms with Crippen LogP contribution < -0.4 is 0 Å². The Hall–Kier alpha value is -0.380. The van der Waals surface area contributed by atoms with E-state index in [2.05, 4.69) is 35.0 Å². The summed E-state index contributed by atoms with van der Waals surface area (Å²) in [4.78, 5) is 0.226. The van der Waals surface area contributed by atoms with Crippen molar-refractivity contribution in [1.82, 2.24) is 0 Å². The van der Waals surface area contributed by atoms with Gasteiger partial charge in [0.05, 0.1) is 19.3 Å². The van der Waals surface area contributed by atoms with Crippen LogP contribution in [0.4, 0.5) is 0 Å². The van der Waals surface area contributed by atoms with E-state index < -0.39 is 0 Å². The molecule has 96 valence electrons. The van der Waals surface area contributed by atoms with Gasteiger partial charge in [-0.3, -0.25) is 0 Å². The molecule has 0 bridgehead atoms. The van der Waals surface area contributed by atoms with Crippen molar-refractivity contribution in [3.63, 3.8) is 0 Å². The first-order valence-corrected chi connectivity index (χ1v) is 7.04. The fourth-order valence-corrected chi connectivity index (χ4v) is 1.94. The van der Waals surface area contributed by atoms with Crippen LogP contribution in [0.25, 0.3) is 0 Å². The molecule has 1 rings (SSSR count). The third kappa shape index (κ3) is 6.81. The molecular formula is C14H21BrO2. The van der Waals surface area contributed by atoms with Crippen LogP contribution in [0.2, 0.25) is 0 Å². The SMILES string of the molecule is CC(CCCC(Br)CO)OCc1ccccc1. The summed E-state index contributed by atoms with van der Waals surface area (Å²) in [7, 11) is 0. The average Bonchev–Trinajstić information content (AvgIpc) is 2.37. The Bertz CT molecular complexity index is 290. The Kier molecular flexibility index (Phi) is 7.49. The molecule has 0 amide bonds. The maximum Gasteiger partial charge on any atom is 0.0720 e. The largest absolute Gasteiger partial charge is 0.395 e. The normalized spacial score (nSPS) is 14.5. The van der Waals surface area contributed by atoms with Crippen LogP contribution >= 0.6 is 15.9 Å². The fraction of sp³-hybridized carbons (Fsp3) is 0.571. The molecule has 0 fully saturated rings. The molecule has 1 aromatic rings. The molecule has 0 aliphatic rings. The van der Waals surface area contributed by atoms with Crippen molar-refractivity contribution >= 4 is 15.9 Å². The minimum Gasteiger partial charge on any atom is -0.395 e. The zero-order valence-electron chi connectivity index (χ0n) is 10.3. The lowest BCUT2D eigenvalue weighted by atomic mass is 10.1. The third-order valence-electron chi connectivity index (χ3n) is 2.70. The number of aliphatic hydroxyl groups excluding tert-OH is 1. The number of hydrogen-bond donors (Lipinski definition) is 1. The second-order valence-electron chi connectivity index (χ2n) is 4.32. The summed E-state index contributed by atoms with van der Waals surface area (Å²) >= 11 is 3.41. The molecule has 0 spiro atoms. The van der Waals surface area contributed by atoms with Crippen LogP contribution in [0.15, 0.2) is 30.3 Å². The van der Waals surface area contributed by atoms with E-state index in [1.165, 1.54) is 5.56 Å². The van der Waals surface area contributed by atoms with Gasteiger partial charge in [-0.05, 0) is 31.7 Å². The Labute approximate surface area is 112 Å². The molecule has 0 radical (unpaired) electrons. The van der Waals surface area contributed by atoms with Gasteiger partial charge in [-0.2, -0.15) is 0 Å². The van der Waals surface area contributed by atoms with Gasteiger partial charge in [-0.1, -0.05) is 46.3 Å². The first-order valence-electron chi connectivity index (χ1n) is 6.13. The summed E-state index contributed by atoms with van der Waals surface area (Å²) in [5, 5.41) is 8.87. The Morgan fingerprint density at radius 2 is 1.94 bits per heavy atom. The number of rotatable bonds is 8. The molecule has 1 aromatic carbocycles. The number of halogens is 1. The fourth-order valence-electron chi connectivity index (χ4n) is 1.61. The molecule has 2 unspecified atom stereocenters. The topological polar surface area (TPSA) is 29.5 Å². The molecule has 0 aliphatic heterocycles. The first kappa shape index (κ1) is 14.7. The van der Waals surface area contributed by atoms with E-state index in [9.17, 15) is 0 Å². The minimum atomic E-state index is 0.208. The predicted molar refractivity (Wildman–Crippen MR) is 74.3 cm³/mol. The second kappa shape index (κ2) is 8.67. The van der Waals surface area contributed by atoms with Crippen molar-refractivity contribution in [2.24, 2.45) is 0 Å². The Morgan fingerprint density at radius 1 is 1.24 bits per heavy atom. The lowest BCUT2D eigenvalue weighted by molar-refractivity contribution is 0.0458. The maximum absolute atomic E-state index is 8.87. The van der Waals surface area contributed by atoms with Gasteiger partial charge in [0, 0.05) is 4.83 Å². The van der Waals surface area contributed by atoms with Crippen LogP contribution in [-0.2, 0) is 11.3 Å². The first-order chi connectivity index (χ1) is 8.22. The smallest absolute Gasteiger partial charge is 0.0720 e. The van der Waals surface area contributed by atoms with Crippen LogP contribution in [-0.4, -0.2) is 22.6 Å². The van der Waals surface area contributed by atoms with Crippen LogP contribution in [0, 0.1) is 0 Å². The molecule has 1 N–H and O–H groups in total. The summed E-state index contributed by atoms with van der Waals surface area (Å²) < 4.78 is 5.77. The monoisotopic (exact) mass is 300 g/mol. The lowest BCUT2D eigenvalue weighted by Crippen LogP contribution is -2.10. The third-order valence-corrected chi connectivity index (χ3v) is 3.45. The standard InChI is InChI=1S/C14H21BrO2/c1-12(6-5-9-14(15)10-16)17-11-13-7-3-2-4-8-13/h2-4,7-8,12,14,16H,5-6,9-11H2,1H3. The highest BCUT2D eigenvalue weighted by Crippen LogP contribution is 2.13. The van der Waals surface area contributed by atoms with Crippen LogP contribution in [0.1, 0.15) is 31.7 Å². The molecule has 0 aromatic heterocycles. The Morgan fingerprint density at radius 3 is 2.59 bits per heavy atom. The van der Waals surface area contributed by atoms with Gasteiger partial charge < -0.3 is 9.84 Å². The second-order valence-corrected chi connectivity index (χ2v) is 5.61. The summed E-state index contributed by atoms with van der Waals surface area (Å²) in [5.41, 5.74) is 1.22. The summed E-state index contributed by atoms with van der Waals surface area (Å²) in [6, 6.07) is 10.2. The lowest BCUT2D eigenvalue weighted by Gasteiger charge is -2.13. The predicted octanol–water partition coefficient (Wildman–Crippen LogP) is 3.52. The Balaban J connectivity index is 2.11. The van der Waals surface area contributed by atoms with Crippen molar-refractivity contribution < 1.29 is 9.84 Å². The zero-order chi connectivity index (χ0) is 12.5. The van der Waals surface area contributed by atoms with E-state index >= 15 is 0 Å². The van der Waals surface area contributed by atoms with Crippen molar-refractivity contribution in [2.45, 2.75) is 43.7 Å². The summed E-state index contributed by atoms with van der Waals surface area (Å²) in [6.07, 6.45) is 3.38. The quantitative estimate of drug-likeness (QED) is 0.745. The van der Waals surface area contributed by atoms with Crippen LogP contribution in [0.5, 0.6) is 0 Å². The van der Waals surface area contributed by atoms with Crippen molar-refractivity contribution in [3.05, 3.63) is 35.9 Å². The molecule has 0 saturated heterocycles. The number of ether oxygens (including phenoxy) is 1. The van der Waals surface area contributed by atoms with Gasteiger partial charge in [0.2, 0.25) is 0 Å². The highest BCUT2D eigenvalue weighted by atomic mass is 79.9. The van der Waals surface area contributed by atoms with Gasteiger partial charge in [-0.15, -0.1) is 0 Å². The van der Waals surface area contributed by atoms with E-state index in [4.69, 9.17) is 9.84 Å². The zero-order valence-corrected chi connectivity index (χ0v) is 11.9. The molecule has 0 saturated carbocycles. The molecule has 2 atom stereocenters. The number of benzene rings is 1. The van der Waals surface area contributed by atoms with Gasteiger partial charge in [0.15, 0.2) is 0 Å².